The number of hydrogen-bond donors (Lipinski definition) is 1. The van der Waals surface area contributed by atoms with Crippen LogP contribution in [0.2, 0.25) is 0 Å². The molecule has 0 aromatic heterocycles. The summed E-state index contributed by atoms with van der Waals surface area (Å²) in [4.78, 5) is 71.1. The van der Waals surface area contributed by atoms with Crippen LogP contribution >= 0.6 is 0 Å². The topological polar surface area (TPSA) is 187 Å². The second kappa shape index (κ2) is 20.4. The van der Waals surface area contributed by atoms with Gasteiger partial charge in [0, 0.05) is 51.5 Å². The van der Waals surface area contributed by atoms with Crippen molar-refractivity contribution in [1.82, 2.24) is 0 Å². The van der Waals surface area contributed by atoms with Crippen molar-refractivity contribution in [2.45, 2.75) is 86.9 Å². The molecule has 0 aliphatic carbocycles. The van der Waals surface area contributed by atoms with Crippen LogP contribution in [-0.4, -0.2) is 47.2 Å². The normalized spacial score (nSPS) is 14.8. The van der Waals surface area contributed by atoms with Crippen molar-refractivity contribution in [2.24, 2.45) is 0 Å². The van der Waals surface area contributed by atoms with E-state index in [9.17, 15) is 33.9 Å². The summed E-state index contributed by atoms with van der Waals surface area (Å²) in [5.74, 6) is -0.602. The van der Waals surface area contributed by atoms with Crippen molar-refractivity contribution in [3.05, 3.63) is 118 Å². The molecule has 14 heteroatoms. The van der Waals surface area contributed by atoms with Crippen LogP contribution in [0, 0.1) is 0 Å². The van der Waals surface area contributed by atoms with Crippen molar-refractivity contribution >= 4 is 35.4 Å². The lowest BCUT2D eigenvalue weighted by Gasteiger charge is -2.28. The summed E-state index contributed by atoms with van der Waals surface area (Å²) in [6, 6.07) is 17.8. The van der Waals surface area contributed by atoms with Gasteiger partial charge in [0.15, 0.2) is 11.6 Å². The summed E-state index contributed by atoms with van der Waals surface area (Å²) in [6.07, 6.45) is 3.17. The summed E-state index contributed by atoms with van der Waals surface area (Å²) >= 11 is 0. The van der Waals surface area contributed by atoms with Crippen LogP contribution in [0.25, 0.3) is 0 Å². The summed E-state index contributed by atoms with van der Waals surface area (Å²) in [5, 5.41) is 10.4. The predicted octanol–water partition coefficient (Wildman–Crippen LogP) is 9.05. The van der Waals surface area contributed by atoms with E-state index in [1.54, 1.807) is 48.5 Å². The lowest BCUT2D eigenvalue weighted by molar-refractivity contribution is -0.132. The van der Waals surface area contributed by atoms with E-state index in [4.69, 9.17) is 33.2 Å². The van der Waals surface area contributed by atoms with Crippen molar-refractivity contribution < 1.29 is 67.0 Å². The molecule has 14 nitrogen and oxygen atoms in total. The number of ether oxygens (including phenoxy) is 7. The predicted molar refractivity (Wildman–Crippen MR) is 225 cm³/mol. The fraction of sp³-hybridized carbons (Fsp3) is 0.292. The maximum absolute atomic E-state index is 13.0. The Labute approximate surface area is 359 Å². The van der Waals surface area contributed by atoms with Gasteiger partial charge in [-0.25, -0.2) is 0 Å². The second-order valence-electron chi connectivity index (χ2n) is 14.9. The lowest BCUT2D eigenvalue weighted by atomic mass is 9.92. The van der Waals surface area contributed by atoms with E-state index in [2.05, 4.69) is 0 Å². The van der Waals surface area contributed by atoms with Crippen LogP contribution < -0.4 is 33.2 Å². The molecule has 0 amide bonds. The maximum atomic E-state index is 13.0. The Hall–Kier alpha value is -7.22. The van der Waals surface area contributed by atoms with Gasteiger partial charge in [-0.15, -0.1) is 0 Å². The number of fused-ring (bicyclic) bond motifs is 2. The first-order chi connectivity index (χ1) is 29.4. The van der Waals surface area contributed by atoms with Crippen LogP contribution in [0.4, 0.5) is 0 Å². The molecule has 0 saturated heterocycles. The Balaban J connectivity index is 0.000000234. The first-order valence-corrected chi connectivity index (χ1v) is 19.7. The van der Waals surface area contributed by atoms with E-state index in [1.807, 2.05) is 39.8 Å². The Morgan fingerprint density at radius 1 is 0.597 bits per heavy atom. The molecule has 6 rings (SSSR count). The van der Waals surface area contributed by atoms with Crippen molar-refractivity contribution in [1.29, 1.82) is 0 Å². The van der Waals surface area contributed by atoms with Crippen LogP contribution in [-0.2, 0) is 25.6 Å². The molecule has 4 aromatic carbocycles. The second-order valence-corrected chi connectivity index (χ2v) is 14.9. The molecule has 2 aliphatic heterocycles. The number of rotatable bonds is 11. The fourth-order valence-corrected chi connectivity index (χ4v) is 6.50. The number of carbonyl (C=O) groups excluding carboxylic acids is 6. The minimum atomic E-state index is -0.608. The van der Waals surface area contributed by atoms with Gasteiger partial charge in [-0.1, -0.05) is 41.5 Å². The van der Waals surface area contributed by atoms with Gasteiger partial charge in [0.1, 0.15) is 75.9 Å². The molecule has 2 heterocycles. The monoisotopic (exact) mass is 848 g/mol. The first-order valence-electron chi connectivity index (χ1n) is 19.7. The SMILES string of the molecule is CC(=O)Oc1ccc(C2CC(=O)c3c(O)cc(OC(C)=O)c(CC=C(C)C)c3O2)cc1.CC(=O)Oc1ccc(C2CC(=O)c3c(OCC=C(C)C)cc(OC(C)=O)cc3O2)cc1. The Morgan fingerprint density at radius 3 is 1.58 bits per heavy atom. The average Bonchev–Trinajstić information content (AvgIpc) is 3.17. The fourth-order valence-electron chi connectivity index (χ4n) is 6.50. The van der Waals surface area contributed by atoms with Gasteiger partial charge >= 0.3 is 23.9 Å². The van der Waals surface area contributed by atoms with E-state index in [1.165, 1.54) is 45.9 Å². The van der Waals surface area contributed by atoms with E-state index >= 15 is 0 Å². The molecule has 4 aromatic rings. The molecule has 0 bridgehead atoms. The average molecular weight is 849 g/mol. The molecule has 1 N–H and O–H groups in total. The number of phenolic OH excluding ortho intramolecular Hbond substituents is 1. The number of esters is 4. The zero-order valence-electron chi connectivity index (χ0n) is 35.7. The highest BCUT2D eigenvalue weighted by Crippen LogP contribution is 2.47. The molecule has 2 unspecified atom stereocenters. The number of phenols is 1. The van der Waals surface area contributed by atoms with E-state index in [-0.39, 0.29) is 65.3 Å². The van der Waals surface area contributed by atoms with E-state index in [0.717, 1.165) is 16.7 Å². The smallest absolute Gasteiger partial charge is 0.308 e. The molecule has 0 radical (unpaired) electrons. The van der Waals surface area contributed by atoms with E-state index in [0.29, 0.717) is 40.4 Å². The van der Waals surface area contributed by atoms with Gasteiger partial charge in [0.25, 0.3) is 0 Å². The number of carbonyl (C=O) groups is 6. The van der Waals surface area contributed by atoms with Gasteiger partial charge in [-0.2, -0.15) is 0 Å². The van der Waals surface area contributed by atoms with Crippen molar-refractivity contribution in [3.8, 4) is 46.0 Å². The van der Waals surface area contributed by atoms with Crippen LogP contribution in [0.3, 0.4) is 0 Å². The highest BCUT2D eigenvalue weighted by molar-refractivity contribution is 6.04. The van der Waals surface area contributed by atoms with Gasteiger partial charge in [-0.05, 0) is 75.6 Å². The van der Waals surface area contributed by atoms with Crippen molar-refractivity contribution in [3.63, 3.8) is 0 Å². The molecular formula is C48H48O14. The van der Waals surface area contributed by atoms with Crippen LogP contribution in [0.5, 0.6) is 46.0 Å². The third-order valence-corrected chi connectivity index (χ3v) is 9.18. The largest absolute Gasteiger partial charge is 0.507 e. The summed E-state index contributed by atoms with van der Waals surface area (Å²) in [5.41, 5.74) is 4.49. The Kier molecular flexibility index (Phi) is 15.1. The van der Waals surface area contributed by atoms with Gasteiger partial charge in [-0.3, -0.25) is 28.8 Å². The van der Waals surface area contributed by atoms with Gasteiger partial charge in [0.2, 0.25) is 0 Å². The minimum absolute atomic E-state index is 0.0302. The quantitative estimate of drug-likeness (QED) is 0.0855. The molecule has 62 heavy (non-hydrogen) atoms. The van der Waals surface area contributed by atoms with E-state index < -0.39 is 36.1 Å². The number of ketones is 2. The maximum Gasteiger partial charge on any atom is 0.308 e. The third kappa shape index (κ3) is 12.2. The van der Waals surface area contributed by atoms with Gasteiger partial charge < -0.3 is 38.3 Å². The summed E-state index contributed by atoms with van der Waals surface area (Å²) in [7, 11) is 0. The zero-order chi connectivity index (χ0) is 45.2. The van der Waals surface area contributed by atoms with Crippen molar-refractivity contribution in [2.75, 3.05) is 6.61 Å². The molecule has 2 atom stereocenters. The molecule has 324 valence electrons. The molecule has 0 spiro atoms. The number of hydrogen-bond acceptors (Lipinski definition) is 14. The number of benzene rings is 4. The Bertz CT molecular complexity index is 2430. The first kappa shape index (κ1) is 45.9. The molecule has 0 saturated carbocycles. The molecule has 0 fully saturated rings. The summed E-state index contributed by atoms with van der Waals surface area (Å²) in [6.45, 7) is 13.2. The highest BCUT2D eigenvalue weighted by atomic mass is 16.6. The number of aromatic hydroxyl groups is 1. The minimum Gasteiger partial charge on any atom is -0.507 e. The standard InChI is InChI=1S/2C24H24O7/c1-13(2)5-10-18-22(30-15(4)26)12-20(28)23-19(27)11-21(31-24(18)23)16-6-8-17(9-7-16)29-14(3)25;1-14(2)9-10-28-22-11-19(30-16(4)26)12-23-24(22)20(27)13-21(31-23)17-5-7-18(8-6-17)29-15(3)25/h5-9,12,21,28H,10-11H2,1-4H3;5-9,11-12,21H,10,13H2,1-4H3. The van der Waals surface area contributed by atoms with Gasteiger partial charge in [0.05, 0.1) is 12.8 Å². The number of allylic oxidation sites excluding steroid dienone is 3. The highest BCUT2D eigenvalue weighted by Gasteiger charge is 2.35. The lowest BCUT2D eigenvalue weighted by Crippen LogP contribution is -2.22. The number of Topliss-reactive ketones (excluding diaryl/α,β-unsaturated/α-hetero) is 2. The zero-order valence-corrected chi connectivity index (χ0v) is 35.7. The van der Waals surface area contributed by atoms with Crippen LogP contribution in [0.15, 0.2) is 90.0 Å². The Morgan fingerprint density at radius 2 is 1.08 bits per heavy atom. The molecular weight excluding hydrogens is 801 g/mol. The molecule has 2 aliphatic rings. The summed E-state index contributed by atoms with van der Waals surface area (Å²) < 4.78 is 38.6. The van der Waals surface area contributed by atoms with Crippen LogP contribution in [0.1, 0.15) is 118 Å². The third-order valence-electron chi connectivity index (χ3n) is 9.18.